The Kier molecular flexibility index (Phi) is 21.0. The number of carbonyl (C=O) groups excluding carboxylic acids is 6. The van der Waals surface area contributed by atoms with Crippen molar-refractivity contribution in [3.8, 4) is 16.2 Å². The van der Waals surface area contributed by atoms with Gasteiger partial charge in [-0.2, -0.15) is 0 Å². The van der Waals surface area contributed by atoms with Crippen LogP contribution in [0.5, 0.6) is 5.75 Å². The molecule has 4 heterocycles. The third-order valence-electron chi connectivity index (χ3n) is 14.4. The molecule has 3 aromatic carbocycles. The van der Waals surface area contributed by atoms with E-state index in [0.29, 0.717) is 49.2 Å². The van der Waals surface area contributed by atoms with Crippen molar-refractivity contribution in [1.82, 2.24) is 40.5 Å². The minimum absolute atomic E-state index is 0.00313. The van der Waals surface area contributed by atoms with E-state index in [9.17, 15) is 38.3 Å². The third-order valence-corrected chi connectivity index (χ3v) is 16.1. The minimum Gasteiger partial charge on any atom is -0.489 e. The van der Waals surface area contributed by atoms with Crippen molar-refractivity contribution in [2.75, 3.05) is 37.3 Å². The number of nitrogen functional groups attached to an aromatic ring is 1. The molecule has 2 aliphatic heterocycles. The summed E-state index contributed by atoms with van der Waals surface area (Å²) in [6.45, 7) is 12.4. The topological polar surface area (TPSA) is 242 Å². The molecular weight excluding hydrogens is 1090 g/mol. The first kappa shape index (κ1) is 60.9. The number of amides is 6. The molecule has 80 heavy (non-hydrogen) atoms. The first-order valence-electron chi connectivity index (χ1n) is 27.0. The number of rotatable bonds is 22. The van der Waals surface area contributed by atoms with Crippen LogP contribution in [-0.4, -0.2) is 127 Å². The number of carbonyl (C=O) groups is 6. The fourth-order valence-electron chi connectivity index (χ4n) is 10.1. The molecule has 2 saturated heterocycles. The molecule has 428 valence electrons. The van der Waals surface area contributed by atoms with Crippen LogP contribution in [0.1, 0.15) is 130 Å². The number of benzene rings is 3. The summed E-state index contributed by atoms with van der Waals surface area (Å²) in [5.41, 5.74) is 11.1. The molecule has 0 bridgehead atoms. The number of hydrogen-bond donors (Lipinski definition) is 5. The summed E-state index contributed by atoms with van der Waals surface area (Å²) < 4.78 is 19.7. The number of likely N-dealkylation sites (tertiary alicyclic amines) is 1. The Bertz CT molecular complexity index is 3000. The second-order valence-corrected chi connectivity index (χ2v) is 23.3. The Morgan fingerprint density at radius 1 is 0.887 bits per heavy atom. The smallest absolute Gasteiger partial charge is 0.276 e. The molecule has 5 aromatic rings. The lowest BCUT2D eigenvalue weighted by molar-refractivity contribution is -0.144. The molecule has 6 amide bonds. The zero-order chi connectivity index (χ0) is 57.8. The van der Waals surface area contributed by atoms with Gasteiger partial charge in [-0.05, 0) is 92.1 Å². The molecule has 0 radical (unpaired) electrons. The van der Waals surface area contributed by atoms with Gasteiger partial charge in [-0.1, -0.05) is 93.9 Å². The van der Waals surface area contributed by atoms with Crippen LogP contribution >= 0.6 is 34.5 Å². The first-order chi connectivity index (χ1) is 38.1. The Morgan fingerprint density at radius 3 is 2.20 bits per heavy atom. The molecule has 2 aliphatic rings. The summed E-state index contributed by atoms with van der Waals surface area (Å²) in [4.78, 5) is 91.6. The molecule has 0 unspecified atom stereocenters. The summed E-state index contributed by atoms with van der Waals surface area (Å²) in [7, 11) is 0. The van der Waals surface area contributed by atoms with E-state index in [1.54, 1.807) is 40.5 Å². The maximum absolute atomic E-state index is 14.1. The van der Waals surface area contributed by atoms with Gasteiger partial charge in [0, 0.05) is 86.3 Å². The summed E-state index contributed by atoms with van der Waals surface area (Å²) in [6, 6.07) is 16.0. The van der Waals surface area contributed by atoms with Gasteiger partial charge in [0.25, 0.3) is 11.8 Å². The number of nitrogens with one attached hydrogen (secondary N) is 3. The van der Waals surface area contributed by atoms with Crippen molar-refractivity contribution in [3.63, 3.8) is 0 Å². The highest BCUT2D eigenvalue weighted by atomic mass is 35.5. The van der Waals surface area contributed by atoms with Gasteiger partial charge < -0.3 is 46.2 Å². The van der Waals surface area contributed by atoms with Crippen molar-refractivity contribution in [2.24, 2.45) is 5.41 Å². The van der Waals surface area contributed by atoms with Gasteiger partial charge >= 0.3 is 0 Å². The van der Waals surface area contributed by atoms with Crippen LogP contribution < -0.4 is 26.4 Å². The standard InChI is InChI=1S/C58H71Cl2FN10O8S/c1-34-30-69(56(77)39-19-21-40(22-20-39)65-54(75)45-28-47(53(62)68-67-45)79-26-25-42-43(59)23-24-44(61)50(42)60)31-35(2)71(34)49(74)14-12-10-8-7-9-11-13-48(73)66-52(58(4,5)6)57(78)70-32-41(72)27-46(70)55(76)63-29-37-15-17-38(18-16-37)51-36(3)64-33-80-51/h15-24,28,33-35,41,46,52,72H,7-14,25-27,29-32H2,1-6H3,(H2,62,68)(H,63,76)(H,65,75)(H,66,73)/t34-,35+,41-,46+,52-/m1/s1. The number of halogens is 3. The van der Waals surface area contributed by atoms with E-state index in [1.807, 2.05) is 76.2 Å². The number of nitrogens with zero attached hydrogens (tertiary/aromatic N) is 6. The normalized spacial score (nSPS) is 17.7. The van der Waals surface area contributed by atoms with Gasteiger partial charge in [-0.15, -0.1) is 21.5 Å². The van der Waals surface area contributed by atoms with E-state index in [4.69, 9.17) is 33.7 Å². The van der Waals surface area contributed by atoms with E-state index in [0.717, 1.165) is 47.4 Å². The molecule has 0 aliphatic carbocycles. The molecule has 18 nitrogen and oxygen atoms in total. The quantitative estimate of drug-likeness (QED) is 0.0323. The lowest BCUT2D eigenvalue weighted by atomic mass is 9.85. The van der Waals surface area contributed by atoms with E-state index < -0.39 is 41.2 Å². The van der Waals surface area contributed by atoms with Gasteiger partial charge in [0.2, 0.25) is 23.6 Å². The second-order valence-electron chi connectivity index (χ2n) is 21.7. The fourth-order valence-corrected chi connectivity index (χ4v) is 11.5. The van der Waals surface area contributed by atoms with Crippen LogP contribution in [0.25, 0.3) is 10.4 Å². The van der Waals surface area contributed by atoms with Crippen molar-refractivity contribution < 1.29 is 43.0 Å². The average Bonchev–Trinajstić information content (AvgIpc) is 4.09. The largest absolute Gasteiger partial charge is 0.489 e. The maximum atomic E-state index is 14.1. The summed E-state index contributed by atoms with van der Waals surface area (Å²) in [5.74, 6) is -2.35. The van der Waals surface area contributed by atoms with Crippen LogP contribution in [0.3, 0.4) is 0 Å². The van der Waals surface area contributed by atoms with Gasteiger partial charge in [-0.3, -0.25) is 28.8 Å². The predicted octanol–water partition coefficient (Wildman–Crippen LogP) is 8.80. The lowest BCUT2D eigenvalue weighted by Crippen LogP contribution is -2.59. The van der Waals surface area contributed by atoms with Crippen LogP contribution in [0.4, 0.5) is 15.9 Å². The second kappa shape index (κ2) is 27.6. The lowest BCUT2D eigenvalue weighted by Gasteiger charge is -2.44. The Balaban J connectivity index is 0.781. The number of piperazine rings is 1. The Hall–Kier alpha value is -6.74. The van der Waals surface area contributed by atoms with Gasteiger partial charge in [0.05, 0.1) is 33.8 Å². The fraction of sp³-hybridized carbons (Fsp3) is 0.466. The van der Waals surface area contributed by atoms with Crippen molar-refractivity contribution >= 4 is 81.5 Å². The first-order valence-corrected chi connectivity index (χ1v) is 28.7. The number of unbranched alkanes of at least 4 members (excludes halogenated alkanes) is 5. The number of β-amino-alcohol motifs (C(OH)–C–C–N with tert-alkyl or cyclic N) is 1. The summed E-state index contributed by atoms with van der Waals surface area (Å²) >= 11 is 13.8. The highest BCUT2D eigenvalue weighted by Crippen LogP contribution is 2.31. The summed E-state index contributed by atoms with van der Waals surface area (Å²) in [5, 5.41) is 27.1. The van der Waals surface area contributed by atoms with Gasteiger partial charge in [0.15, 0.2) is 17.3 Å². The van der Waals surface area contributed by atoms with Crippen molar-refractivity contribution in [1.29, 1.82) is 0 Å². The molecule has 2 fully saturated rings. The third kappa shape index (κ3) is 15.8. The maximum Gasteiger partial charge on any atom is 0.276 e. The number of aryl methyl sites for hydroxylation is 1. The van der Waals surface area contributed by atoms with Gasteiger partial charge in [0.1, 0.15) is 17.9 Å². The van der Waals surface area contributed by atoms with E-state index in [1.165, 1.54) is 23.1 Å². The molecular formula is C58H71Cl2FN10O8S. The summed E-state index contributed by atoms with van der Waals surface area (Å²) in [6.07, 6.45) is 4.78. The van der Waals surface area contributed by atoms with Gasteiger partial charge in [-0.25, -0.2) is 9.37 Å². The van der Waals surface area contributed by atoms with Crippen LogP contribution in [0.15, 0.2) is 72.2 Å². The molecule has 2 aromatic heterocycles. The number of aliphatic hydroxyl groups is 1. The molecule has 7 rings (SSSR count). The molecule has 5 atom stereocenters. The number of ether oxygens (including phenoxy) is 1. The number of thiazole rings is 1. The van der Waals surface area contributed by atoms with E-state index in [2.05, 4.69) is 31.1 Å². The highest BCUT2D eigenvalue weighted by Gasteiger charge is 2.44. The predicted molar refractivity (Wildman–Crippen MR) is 307 cm³/mol. The average molecular weight is 1160 g/mol. The number of aromatic nitrogens is 3. The van der Waals surface area contributed by atoms with Crippen LogP contribution in [0.2, 0.25) is 10.0 Å². The van der Waals surface area contributed by atoms with Crippen molar-refractivity contribution in [3.05, 3.63) is 116 Å². The SMILES string of the molecule is Cc1ncsc1-c1ccc(CNC(=O)[C@@H]2C[C@@H](O)CN2C(=O)[C@@H](NC(=O)CCCCCCCCC(=O)N2[C@H](C)CN(C(=O)c3ccc(NC(=O)c4cc(OCCc5c(Cl)ccc(F)c5Cl)c(N)nn4)cc3)C[C@@H]2C)C(C)(C)C)cc1. The monoisotopic (exact) mass is 1160 g/mol. The number of aliphatic hydroxyl groups excluding tert-OH is 1. The molecule has 0 saturated carbocycles. The number of nitrogens with two attached hydrogens (primary N) is 1. The van der Waals surface area contributed by atoms with Crippen LogP contribution in [0, 0.1) is 18.2 Å². The number of anilines is 2. The Labute approximate surface area is 480 Å². The minimum atomic E-state index is -0.903. The molecule has 6 N–H and O–H groups in total. The molecule has 0 spiro atoms. The highest BCUT2D eigenvalue weighted by molar-refractivity contribution is 7.13. The molecule has 22 heteroatoms. The zero-order valence-electron chi connectivity index (χ0n) is 46.0. The van der Waals surface area contributed by atoms with E-state index in [-0.39, 0.29) is 102 Å². The van der Waals surface area contributed by atoms with Crippen molar-refractivity contribution in [2.45, 2.75) is 143 Å². The van der Waals surface area contributed by atoms with Crippen LogP contribution in [-0.2, 0) is 32.1 Å². The number of hydrogen-bond acceptors (Lipinski definition) is 13. The van der Waals surface area contributed by atoms with E-state index >= 15 is 0 Å². The Morgan fingerprint density at radius 2 is 1.55 bits per heavy atom. The zero-order valence-corrected chi connectivity index (χ0v) is 48.4.